The normalized spacial score (nSPS) is 11.2. The molecule has 0 radical (unpaired) electrons. The standard InChI is InChI=1S/C29H25NO3/c1-21(30-33-20-22-10-12-26(13-11-22)25-7-3-2-4-8-25)24-14-16-27(17-15-24)28-9-5-6-23(18-28)19-29(31)32/h2-18H,19-20H2,1H3,(H,31,32). The highest BCUT2D eigenvalue weighted by atomic mass is 16.6. The van der Waals surface area contributed by atoms with Crippen molar-refractivity contribution >= 4 is 11.7 Å². The lowest BCUT2D eigenvalue weighted by Crippen LogP contribution is -2.00. The maximum atomic E-state index is 11.0. The number of rotatable bonds is 8. The number of carbonyl (C=O) groups is 1. The summed E-state index contributed by atoms with van der Waals surface area (Å²) in [5.41, 5.74) is 7.99. The van der Waals surface area contributed by atoms with Crippen LogP contribution in [0.5, 0.6) is 0 Å². The van der Waals surface area contributed by atoms with E-state index in [4.69, 9.17) is 9.94 Å². The molecule has 0 atom stereocenters. The van der Waals surface area contributed by atoms with Crippen molar-refractivity contribution in [2.24, 2.45) is 5.16 Å². The van der Waals surface area contributed by atoms with Gasteiger partial charge >= 0.3 is 5.97 Å². The van der Waals surface area contributed by atoms with Gasteiger partial charge in [-0.1, -0.05) is 108 Å². The van der Waals surface area contributed by atoms with Crippen LogP contribution in [-0.2, 0) is 22.7 Å². The summed E-state index contributed by atoms with van der Waals surface area (Å²) < 4.78 is 0. The Morgan fingerprint density at radius 2 is 1.33 bits per heavy atom. The number of hydrogen-bond acceptors (Lipinski definition) is 3. The van der Waals surface area contributed by atoms with Gasteiger partial charge in [-0.3, -0.25) is 4.79 Å². The van der Waals surface area contributed by atoms with Crippen molar-refractivity contribution < 1.29 is 14.7 Å². The Morgan fingerprint density at radius 3 is 2.03 bits per heavy atom. The summed E-state index contributed by atoms with van der Waals surface area (Å²) in [5, 5.41) is 13.3. The van der Waals surface area contributed by atoms with E-state index in [2.05, 4.69) is 41.6 Å². The Bertz CT molecular complexity index is 1240. The molecule has 0 saturated heterocycles. The van der Waals surface area contributed by atoms with E-state index >= 15 is 0 Å². The third kappa shape index (κ3) is 5.95. The second-order valence-electron chi connectivity index (χ2n) is 7.86. The maximum absolute atomic E-state index is 11.0. The Hall–Kier alpha value is -4.18. The van der Waals surface area contributed by atoms with Crippen LogP contribution in [0.2, 0.25) is 0 Å². The molecular weight excluding hydrogens is 410 g/mol. The molecule has 0 unspecified atom stereocenters. The molecule has 4 aromatic rings. The monoisotopic (exact) mass is 435 g/mol. The Labute approximate surface area is 193 Å². The van der Waals surface area contributed by atoms with Gasteiger partial charge in [-0.2, -0.15) is 0 Å². The van der Waals surface area contributed by atoms with Crippen LogP contribution < -0.4 is 0 Å². The first kappa shape index (κ1) is 22.0. The molecule has 0 aliphatic rings. The quantitative estimate of drug-likeness (QED) is 0.251. The molecule has 0 aromatic heterocycles. The summed E-state index contributed by atoms with van der Waals surface area (Å²) in [5.74, 6) is -0.832. The molecule has 4 rings (SSSR count). The Kier molecular flexibility index (Phi) is 6.96. The number of carboxylic acid groups (broad SMARTS) is 1. The lowest BCUT2D eigenvalue weighted by Gasteiger charge is -2.07. The molecule has 33 heavy (non-hydrogen) atoms. The molecule has 0 saturated carbocycles. The summed E-state index contributed by atoms with van der Waals surface area (Å²) in [7, 11) is 0. The third-order valence-electron chi connectivity index (χ3n) is 5.41. The highest BCUT2D eigenvalue weighted by Gasteiger charge is 2.05. The number of oxime groups is 1. The van der Waals surface area contributed by atoms with Gasteiger partial charge in [-0.25, -0.2) is 0 Å². The average Bonchev–Trinajstić information content (AvgIpc) is 2.85. The van der Waals surface area contributed by atoms with Gasteiger partial charge in [0.15, 0.2) is 0 Å². The van der Waals surface area contributed by atoms with Gasteiger partial charge in [0.1, 0.15) is 6.61 Å². The fourth-order valence-corrected chi connectivity index (χ4v) is 3.62. The molecule has 0 spiro atoms. The molecule has 0 amide bonds. The molecule has 0 aliphatic carbocycles. The predicted octanol–water partition coefficient (Wildman–Crippen LogP) is 6.59. The van der Waals surface area contributed by atoms with Gasteiger partial charge in [-0.15, -0.1) is 0 Å². The Morgan fingerprint density at radius 1 is 0.727 bits per heavy atom. The van der Waals surface area contributed by atoms with E-state index in [1.54, 1.807) is 0 Å². The molecule has 0 aliphatic heterocycles. The van der Waals surface area contributed by atoms with E-state index in [0.29, 0.717) is 6.61 Å². The minimum atomic E-state index is -0.832. The molecule has 1 N–H and O–H groups in total. The fraction of sp³-hybridized carbons (Fsp3) is 0.103. The van der Waals surface area contributed by atoms with E-state index in [1.807, 2.05) is 73.7 Å². The first-order valence-corrected chi connectivity index (χ1v) is 10.8. The summed E-state index contributed by atoms with van der Waals surface area (Å²) in [6, 6.07) is 34.2. The van der Waals surface area contributed by atoms with Crippen molar-refractivity contribution in [3.8, 4) is 22.3 Å². The van der Waals surface area contributed by atoms with Crippen LogP contribution in [0.15, 0.2) is 108 Å². The number of nitrogens with zero attached hydrogens (tertiary/aromatic N) is 1. The van der Waals surface area contributed by atoms with Crippen LogP contribution in [0.1, 0.15) is 23.6 Å². The van der Waals surface area contributed by atoms with Crippen molar-refractivity contribution in [3.63, 3.8) is 0 Å². The number of benzene rings is 4. The van der Waals surface area contributed by atoms with Crippen LogP contribution in [0.4, 0.5) is 0 Å². The van der Waals surface area contributed by atoms with Gasteiger partial charge in [0.25, 0.3) is 0 Å². The topological polar surface area (TPSA) is 58.9 Å². The van der Waals surface area contributed by atoms with Crippen molar-refractivity contribution in [2.45, 2.75) is 20.0 Å². The Balaban J connectivity index is 1.37. The van der Waals surface area contributed by atoms with Crippen molar-refractivity contribution in [3.05, 3.63) is 120 Å². The minimum absolute atomic E-state index is 0.0179. The van der Waals surface area contributed by atoms with Crippen LogP contribution in [0.3, 0.4) is 0 Å². The van der Waals surface area contributed by atoms with Crippen molar-refractivity contribution in [1.82, 2.24) is 0 Å². The van der Waals surface area contributed by atoms with Crippen molar-refractivity contribution in [2.75, 3.05) is 0 Å². The number of carboxylic acids is 1. The zero-order chi connectivity index (χ0) is 23.0. The van der Waals surface area contributed by atoms with E-state index in [9.17, 15) is 4.79 Å². The molecule has 164 valence electrons. The molecule has 0 bridgehead atoms. The second kappa shape index (κ2) is 10.4. The van der Waals surface area contributed by atoms with Crippen molar-refractivity contribution in [1.29, 1.82) is 0 Å². The summed E-state index contributed by atoms with van der Waals surface area (Å²) in [6.07, 6.45) is 0.0179. The molecule has 0 heterocycles. The lowest BCUT2D eigenvalue weighted by molar-refractivity contribution is -0.136. The van der Waals surface area contributed by atoms with Gasteiger partial charge < -0.3 is 9.94 Å². The maximum Gasteiger partial charge on any atom is 0.307 e. The zero-order valence-corrected chi connectivity index (χ0v) is 18.4. The predicted molar refractivity (Wildman–Crippen MR) is 132 cm³/mol. The number of aliphatic carboxylic acids is 1. The first-order valence-electron chi connectivity index (χ1n) is 10.8. The molecule has 0 fully saturated rings. The largest absolute Gasteiger partial charge is 0.481 e. The van der Waals surface area contributed by atoms with Crippen LogP contribution in [0, 0.1) is 0 Å². The molecule has 4 aromatic carbocycles. The number of hydrogen-bond donors (Lipinski definition) is 1. The molecule has 4 nitrogen and oxygen atoms in total. The van der Waals surface area contributed by atoms with Crippen LogP contribution in [-0.4, -0.2) is 16.8 Å². The summed E-state index contributed by atoms with van der Waals surface area (Å²) in [6.45, 7) is 2.32. The van der Waals surface area contributed by atoms with E-state index in [1.165, 1.54) is 11.1 Å². The van der Waals surface area contributed by atoms with Crippen LogP contribution >= 0.6 is 0 Å². The zero-order valence-electron chi connectivity index (χ0n) is 18.4. The third-order valence-corrected chi connectivity index (χ3v) is 5.41. The SMILES string of the molecule is CC(=NOCc1ccc(-c2ccccc2)cc1)c1ccc(-c2cccc(CC(=O)O)c2)cc1. The van der Waals surface area contributed by atoms with Gasteiger partial charge in [0.05, 0.1) is 12.1 Å². The van der Waals surface area contributed by atoms with E-state index in [-0.39, 0.29) is 6.42 Å². The van der Waals surface area contributed by atoms with E-state index in [0.717, 1.165) is 33.5 Å². The lowest BCUT2D eigenvalue weighted by atomic mass is 10.00. The van der Waals surface area contributed by atoms with Gasteiger partial charge in [0, 0.05) is 0 Å². The highest BCUT2D eigenvalue weighted by Crippen LogP contribution is 2.22. The van der Waals surface area contributed by atoms with Crippen LogP contribution in [0.25, 0.3) is 22.3 Å². The summed E-state index contributed by atoms with van der Waals surface area (Å²) >= 11 is 0. The fourth-order valence-electron chi connectivity index (χ4n) is 3.62. The molecule has 4 heteroatoms. The average molecular weight is 436 g/mol. The first-order chi connectivity index (χ1) is 16.1. The van der Waals surface area contributed by atoms with E-state index < -0.39 is 5.97 Å². The summed E-state index contributed by atoms with van der Waals surface area (Å²) in [4.78, 5) is 16.5. The van der Waals surface area contributed by atoms with Gasteiger partial charge in [-0.05, 0) is 45.9 Å². The second-order valence-corrected chi connectivity index (χ2v) is 7.86. The smallest absolute Gasteiger partial charge is 0.307 e. The highest BCUT2D eigenvalue weighted by molar-refractivity contribution is 5.98. The minimum Gasteiger partial charge on any atom is -0.481 e. The molecular formula is C29H25NO3. The van der Waals surface area contributed by atoms with Gasteiger partial charge in [0.2, 0.25) is 0 Å².